The van der Waals surface area contributed by atoms with Crippen LogP contribution in [-0.4, -0.2) is 32.7 Å². The van der Waals surface area contributed by atoms with Crippen molar-refractivity contribution in [1.29, 1.82) is 0 Å². The number of likely N-dealkylation sites (tertiary alicyclic amines) is 1. The summed E-state index contributed by atoms with van der Waals surface area (Å²) in [4.78, 5) is 2.38. The first-order valence-electron chi connectivity index (χ1n) is 8.27. The van der Waals surface area contributed by atoms with E-state index < -0.39 is 11.0 Å². The van der Waals surface area contributed by atoms with Crippen LogP contribution in [0.4, 0.5) is 0 Å². The minimum atomic E-state index is -1.17. The Morgan fingerprint density at radius 2 is 1.38 bits per heavy atom. The molecule has 0 spiro atoms. The van der Waals surface area contributed by atoms with E-state index >= 15 is 0 Å². The molecule has 1 aliphatic rings. The van der Waals surface area contributed by atoms with Crippen LogP contribution in [-0.2, 0) is 11.0 Å². The van der Waals surface area contributed by atoms with Gasteiger partial charge >= 0.3 is 0 Å². The normalized spacial score (nSPS) is 16.8. The Kier molecular flexibility index (Phi) is 4.97. The summed E-state index contributed by atoms with van der Waals surface area (Å²) >= 11 is 0. The summed E-state index contributed by atoms with van der Waals surface area (Å²) in [5.74, 6) is 0. The molecule has 3 rings (SSSR count). The number of nitrogens with zero attached hydrogens (tertiary/aromatic N) is 2. The van der Waals surface area contributed by atoms with Gasteiger partial charge in [0, 0.05) is 13.1 Å². The Morgan fingerprint density at radius 1 is 0.917 bits per heavy atom. The molecule has 4 heteroatoms. The monoisotopic (exact) mass is 340 g/mol. The molecule has 1 saturated heterocycles. The third kappa shape index (κ3) is 3.82. The average molecular weight is 340 g/mol. The zero-order valence-corrected chi connectivity index (χ0v) is 15.3. The summed E-state index contributed by atoms with van der Waals surface area (Å²) in [6.07, 6.45) is 0. The highest BCUT2D eigenvalue weighted by atomic mass is 32.2. The second-order valence-corrected chi connectivity index (χ2v) is 9.05. The molecule has 0 amide bonds. The van der Waals surface area contributed by atoms with Crippen LogP contribution in [0.5, 0.6) is 0 Å². The zero-order valence-electron chi connectivity index (χ0n) is 14.5. The second-order valence-electron chi connectivity index (χ2n) is 7.15. The molecule has 2 aromatic carbocycles. The first-order valence-corrected chi connectivity index (χ1v) is 9.38. The van der Waals surface area contributed by atoms with Crippen molar-refractivity contribution in [2.75, 3.05) is 13.1 Å². The van der Waals surface area contributed by atoms with Gasteiger partial charge < -0.3 is 0 Å². The largest absolute Gasteiger partial charge is 0.281 e. The lowest BCUT2D eigenvalue weighted by molar-refractivity contribution is 0.251. The number of hydrogen-bond donors (Lipinski definition) is 0. The first-order chi connectivity index (χ1) is 11.4. The summed E-state index contributed by atoms with van der Waals surface area (Å²) in [5, 5.41) is 0. The Labute approximate surface area is 147 Å². The van der Waals surface area contributed by atoms with Crippen LogP contribution in [0, 0.1) is 0 Å². The topological polar surface area (TPSA) is 32.7 Å². The van der Waals surface area contributed by atoms with Crippen molar-refractivity contribution in [3.8, 4) is 0 Å². The van der Waals surface area contributed by atoms with Crippen molar-refractivity contribution in [2.24, 2.45) is 4.40 Å². The lowest BCUT2D eigenvalue weighted by Gasteiger charge is -2.40. The number of rotatable bonds is 4. The maximum Gasteiger partial charge on any atom is 0.144 e. The van der Waals surface area contributed by atoms with Gasteiger partial charge in [-0.1, -0.05) is 60.7 Å². The molecule has 1 heterocycles. The van der Waals surface area contributed by atoms with E-state index in [9.17, 15) is 4.21 Å². The zero-order chi connectivity index (χ0) is 17.2. The SMILES string of the molecule is CC(C)(C)[S@@](=O)N=C1CN(C(c2ccccc2)c2ccccc2)C1. The van der Waals surface area contributed by atoms with E-state index in [0.29, 0.717) is 0 Å². The minimum Gasteiger partial charge on any atom is -0.281 e. The van der Waals surface area contributed by atoms with E-state index in [-0.39, 0.29) is 10.8 Å². The molecule has 3 nitrogen and oxygen atoms in total. The minimum absolute atomic E-state index is 0.217. The summed E-state index contributed by atoms with van der Waals surface area (Å²) in [7, 11) is -1.17. The summed E-state index contributed by atoms with van der Waals surface area (Å²) in [6, 6.07) is 21.3. The smallest absolute Gasteiger partial charge is 0.144 e. The standard InChI is InChI=1S/C20H24N2OS/c1-20(2,3)24(23)21-18-14-22(15-18)19(16-10-6-4-7-11-16)17-12-8-5-9-13-17/h4-13,19H,14-15H2,1-3H3/t24-/m1/s1. The predicted octanol–water partition coefficient (Wildman–Crippen LogP) is 3.99. The second kappa shape index (κ2) is 6.99. The summed E-state index contributed by atoms with van der Waals surface area (Å²) in [6.45, 7) is 7.42. The maximum atomic E-state index is 12.2. The highest BCUT2D eigenvalue weighted by Gasteiger charge is 2.32. The van der Waals surface area contributed by atoms with Crippen LogP contribution in [0.25, 0.3) is 0 Å². The first kappa shape index (κ1) is 17.1. The van der Waals surface area contributed by atoms with Gasteiger partial charge in [0.15, 0.2) is 0 Å². The van der Waals surface area contributed by atoms with E-state index in [1.54, 1.807) is 0 Å². The molecule has 0 radical (unpaired) electrons. The Bertz CT molecular complexity index is 688. The van der Waals surface area contributed by atoms with Gasteiger partial charge in [-0.15, -0.1) is 0 Å². The average Bonchev–Trinajstić information content (AvgIpc) is 2.53. The molecule has 0 unspecified atom stereocenters. The summed E-state index contributed by atoms with van der Waals surface area (Å²) < 4.78 is 16.3. The maximum absolute atomic E-state index is 12.2. The van der Waals surface area contributed by atoms with Gasteiger partial charge in [0.05, 0.1) is 16.5 Å². The van der Waals surface area contributed by atoms with Crippen molar-refractivity contribution >= 4 is 16.7 Å². The van der Waals surface area contributed by atoms with Crippen LogP contribution < -0.4 is 0 Å². The predicted molar refractivity (Wildman–Crippen MR) is 102 cm³/mol. The molecule has 24 heavy (non-hydrogen) atoms. The molecule has 1 aliphatic heterocycles. The third-order valence-electron chi connectivity index (χ3n) is 4.10. The quantitative estimate of drug-likeness (QED) is 0.843. The van der Waals surface area contributed by atoms with Crippen molar-refractivity contribution < 1.29 is 4.21 Å². The fraction of sp³-hybridized carbons (Fsp3) is 0.350. The Morgan fingerprint density at radius 3 is 1.79 bits per heavy atom. The van der Waals surface area contributed by atoms with E-state index in [1.165, 1.54) is 11.1 Å². The molecule has 0 bridgehead atoms. The Hall–Kier alpha value is -1.78. The van der Waals surface area contributed by atoms with Crippen LogP contribution >= 0.6 is 0 Å². The third-order valence-corrected chi connectivity index (χ3v) is 5.57. The molecular weight excluding hydrogens is 316 g/mol. The van der Waals surface area contributed by atoms with Gasteiger partial charge in [-0.25, -0.2) is 4.21 Å². The molecule has 1 atom stereocenters. The lowest BCUT2D eigenvalue weighted by Crippen LogP contribution is -2.49. The highest BCUT2D eigenvalue weighted by molar-refractivity contribution is 7.85. The molecule has 0 aromatic heterocycles. The van der Waals surface area contributed by atoms with Crippen LogP contribution in [0.1, 0.15) is 37.9 Å². The molecular formula is C20H24N2OS. The van der Waals surface area contributed by atoms with E-state index in [1.807, 2.05) is 32.9 Å². The van der Waals surface area contributed by atoms with Crippen LogP contribution in [0.2, 0.25) is 0 Å². The van der Waals surface area contributed by atoms with E-state index in [4.69, 9.17) is 0 Å². The van der Waals surface area contributed by atoms with Gasteiger partial charge in [0.2, 0.25) is 0 Å². The number of benzene rings is 2. The van der Waals surface area contributed by atoms with Crippen molar-refractivity contribution in [3.05, 3.63) is 71.8 Å². The van der Waals surface area contributed by atoms with Crippen LogP contribution in [0.3, 0.4) is 0 Å². The van der Waals surface area contributed by atoms with Gasteiger partial charge in [-0.05, 0) is 31.9 Å². The van der Waals surface area contributed by atoms with Gasteiger partial charge in [0.1, 0.15) is 11.0 Å². The Balaban J connectivity index is 1.80. The van der Waals surface area contributed by atoms with Gasteiger partial charge in [0.25, 0.3) is 0 Å². The van der Waals surface area contributed by atoms with Gasteiger partial charge in [-0.2, -0.15) is 4.40 Å². The highest BCUT2D eigenvalue weighted by Crippen LogP contribution is 2.31. The fourth-order valence-corrected chi connectivity index (χ4v) is 3.43. The van der Waals surface area contributed by atoms with Crippen molar-refractivity contribution in [1.82, 2.24) is 4.90 Å². The lowest BCUT2D eigenvalue weighted by atomic mass is 9.94. The summed E-state index contributed by atoms with van der Waals surface area (Å²) in [5.41, 5.74) is 3.58. The molecule has 0 saturated carbocycles. The molecule has 0 N–H and O–H groups in total. The fourth-order valence-electron chi connectivity index (χ4n) is 2.80. The molecule has 126 valence electrons. The molecule has 1 fully saturated rings. The van der Waals surface area contributed by atoms with Gasteiger partial charge in [-0.3, -0.25) is 4.90 Å². The van der Waals surface area contributed by atoms with Crippen LogP contribution in [0.15, 0.2) is 65.1 Å². The van der Waals surface area contributed by atoms with E-state index in [0.717, 1.165) is 18.8 Å². The van der Waals surface area contributed by atoms with E-state index in [2.05, 4.69) is 57.8 Å². The van der Waals surface area contributed by atoms with Crippen molar-refractivity contribution in [3.63, 3.8) is 0 Å². The van der Waals surface area contributed by atoms with Crippen molar-refractivity contribution in [2.45, 2.75) is 31.6 Å². The number of hydrogen-bond acceptors (Lipinski definition) is 2. The molecule has 2 aromatic rings. The molecule has 0 aliphatic carbocycles.